The molecule has 0 spiro atoms. The Labute approximate surface area is 111 Å². The first kappa shape index (κ1) is 16.6. The van der Waals surface area contributed by atoms with E-state index in [2.05, 4.69) is 4.74 Å². The van der Waals surface area contributed by atoms with E-state index >= 15 is 0 Å². The monoisotopic (exact) mass is 301 g/mol. The standard InChI is InChI=1S/C12H13F6NO/c1-20-7-2-3-8(9(6-7)12(16,17)18)10(19)4-5-11(13,14)15/h2-3,6,10H,4-5,19H2,1H3/t10-/m0/s1. The Morgan fingerprint density at radius 2 is 1.75 bits per heavy atom. The van der Waals surface area contributed by atoms with E-state index in [0.717, 1.165) is 12.1 Å². The van der Waals surface area contributed by atoms with Gasteiger partial charge in [-0.3, -0.25) is 0 Å². The zero-order chi connectivity index (χ0) is 15.6. The molecule has 0 saturated heterocycles. The maximum Gasteiger partial charge on any atom is 0.416 e. The molecule has 0 aliphatic rings. The van der Waals surface area contributed by atoms with Gasteiger partial charge in [0.2, 0.25) is 0 Å². The Kier molecular flexibility index (Phi) is 4.90. The highest BCUT2D eigenvalue weighted by Gasteiger charge is 2.36. The molecule has 0 radical (unpaired) electrons. The van der Waals surface area contributed by atoms with Crippen LogP contribution >= 0.6 is 0 Å². The Balaban J connectivity index is 3.04. The van der Waals surface area contributed by atoms with Crippen molar-refractivity contribution in [1.82, 2.24) is 0 Å². The minimum atomic E-state index is -4.71. The van der Waals surface area contributed by atoms with E-state index in [0.29, 0.717) is 0 Å². The zero-order valence-corrected chi connectivity index (χ0v) is 10.5. The van der Waals surface area contributed by atoms with Gasteiger partial charge < -0.3 is 10.5 Å². The molecular weight excluding hydrogens is 288 g/mol. The lowest BCUT2D eigenvalue weighted by atomic mass is 9.96. The molecule has 0 amide bonds. The molecule has 0 unspecified atom stereocenters. The number of hydrogen-bond donors (Lipinski definition) is 1. The molecule has 1 rings (SSSR count). The van der Waals surface area contributed by atoms with Crippen molar-refractivity contribution in [3.8, 4) is 5.75 Å². The van der Waals surface area contributed by atoms with Gasteiger partial charge in [-0.25, -0.2) is 0 Å². The number of ether oxygens (including phenoxy) is 1. The third-order valence-corrected chi connectivity index (χ3v) is 2.70. The van der Waals surface area contributed by atoms with Gasteiger partial charge in [0.25, 0.3) is 0 Å². The number of halogens is 6. The Hall–Kier alpha value is -1.44. The van der Waals surface area contributed by atoms with Crippen LogP contribution in [0.2, 0.25) is 0 Å². The summed E-state index contributed by atoms with van der Waals surface area (Å²) in [6.45, 7) is 0. The van der Waals surface area contributed by atoms with E-state index < -0.39 is 36.8 Å². The van der Waals surface area contributed by atoms with Crippen LogP contribution < -0.4 is 10.5 Å². The molecule has 0 fully saturated rings. The second kappa shape index (κ2) is 5.90. The summed E-state index contributed by atoms with van der Waals surface area (Å²) >= 11 is 0. The van der Waals surface area contributed by atoms with Crippen molar-refractivity contribution in [2.75, 3.05) is 7.11 Å². The third kappa shape index (κ3) is 4.59. The Morgan fingerprint density at radius 1 is 1.15 bits per heavy atom. The topological polar surface area (TPSA) is 35.2 Å². The van der Waals surface area contributed by atoms with Crippen LogP contribution in [0.5, 0.6) is 5.75 Å². The fourth-order valence-corrected chi connectivity index (χ4v) is 1.71. The van der Waals surface area contributed by atoms with Crippen molar-refractivity contribution in [1.29, 1.82) is 0 Å². The maximum absolute atomic E-state index is 12.9. The lowest BCUT2D eigenvalue weighted by molar-refractivity contribution is -0.139. The smallest absolute Gasteiger partial charge is 0.416 e. The highest BCUT2D eigenvalue weighted by Crippen LogP contribution is 2.38. The number of nitrogens with two attached hydrogens (primary N) is 1. The first-order valence-electron chi connectivity index (χ1n) is 5.62. The van der Waals surface area contributed by atoms with E-state index in [9.17, 15) is 26.3 Å². The predicted octanol–water partition coefficient (Wildman–Crippen LogP) is 4.06. The molecule has 0 saturated carbocycles. The molecule has 1 aromatic carbocycles. The molecule has 0 heterocycles. The highest BCUT2D eigenvalue weighted by molar-refractivity contribution is 5.39. The van der Waals surface area contributed by atoms with Crippen LogP contribution in [0.1, 0.15) is 30.0 Å². The largest absolute Gasteiger partial charge is 0.497 e. The van der Waals surface area contributed by atoms with Crippen LogP contribution in [0.25, 0.3) is 0 Å². The summed E-state index contributed by atoms with van der Waals surface area (Å²) < 4.78 is 79.5. The quantitative estimate of drug-likeness (QED) is 0.851. The van der Waals surface area contributed by atoms with Gasteiger partial charge in [-0.15, -0.1) is 0 Å². The Bertz CT molecular complexity index is 454. The Morgan fingerprint density at radius 3 is 2.20 bits per heavy atom. The summed E-state index contributed by atoms with van der Waals surface area (Å²) in [4.78, 5) is 0. The fraction of sp³-hybridized carbons (Fsp3) is 0.500. The minimum absolute atomic E-state index is 0.0379. The molecule has 1 aromatic rings. The van der Waals surface area contributed by atoms with Gasteiger partial charge in [0.1, 0.15) is 5.75 Å². The molecule has 2 nitrogen and oxygen atoms in total. The van der Waals surface area contributed by atoms with Crippen molar-refractivity contribution in [3.63, 3.8) is 0 Å². The molecule has 0 aromatic heterocycles. The minimum Gasteiger partial charge on any atom is -0.497 e. The summed E-state index contributed by atoms with van der Waals surface area (Å²) in [6, 6.07) is 1.66. The summed E-state index contributed by atoms with van der Waals surface area (Å²) in [7, 11) is 1.19. The molecule has 8 heteroatoms. The second-order valence-corrected chi connectivity index (χ2v) is 4.21. The van der Waals surface area contributed by atoms with Crippen LogP contribution in [-0.2, 0) is 6.18 Å². The molecule has 2 N–H and O–H groups in total. The summed E-state index contributed by atoms with van der Waals surface area (Å²) in [5.41, 5.74) is 4.00. The van der Waals surface area contributed by atoms with Gasteiger partial charge in [0.15, 0.2) is 0 Å². The van der Waals surface area contributed by atoms with Crippen molar-refractivity contribution < 1.29 is 31.1 Å². The van der Waals surface area contributed by atoms with Crippen molar-refractivity contribution >= 4 is 0 Å². The van der Waals surface area contributed by atoms with E-state index in [1.165, 1.54) is 13.2 Å². The molecule has 0 aliphatic heterocycles. The third-order valence-electron chi connectivity index (χ3n) is 2.70. The molecule has 20 heavy (non-hydrogen) atoms. The average molecular weight is 301 g/mol. The summed E-state index contributed by atoms with van der Waals surface area (Å²) in [5, 5.41) is 0. The van der Waals surface area contributed by atoms with Gasteiger partial charge in [-0.2, -0.15) is 26.3 Å². The van der Waals surface area contributed by atoms with Crippen molar-refractivity contribution in [2.45, 2.75) is 31.2 Å². The van der Waals surface area contributed by atoms with Crippen molar-refractivity contribution in [2.24, 2.45) is 5.73 Å². The van der Waals surface area contributed by atoms with Gasteiger partial charge in [0.05, 0.1) is 12.7 Å². The summed E-state index contributed by atoms with van der Waals surface area (Å²) in [5.74, 6) is -0.0379. The number of benzene rings is 1. The van der Waals surface area contributed by atoms with Crippen LogP contribution in [0.4, 0.5) is 26.3 Å². The molecule has 1 atom stereocenters. The second-order valence-electron chi connectivity index (χ2n) is 4.21. The van der Waals surface area contributed by atoms with Crippen LogP contribution in [0, 0.1) is 0 Å². The van der Waals surface area contributed by atoms with E-state index in [4.69, 9.17) is 5.73 Å². The number of rotatable bonds is 4. The highest BCUT2D eigenvalue weighted by atomic mass is 19.4. The van der Waals surface area contributed by atoms with Gasteiger partial charge in [0, 0.05) is 12.5 Å². The maximum atomic E-state index is 12.9. The van der Waals surface area contributed by atoms with E-state index in [1.54, 1.807) is 0 Å². The van der Waals surface area contributed by atoms with E-state index in [1.807, 2.05) is 0 Å². The predicted molar refractivity (Wildman–Crippen MR) is 60.2 cm³/mol. The van der Waals surface area contributed by atoms with E-state index in [-0.39, 0.29) is 11.3 Å². The average Bonchev–Trinajstić information content (AvgIpc) is 2.33. The molecule has 0 aliphatic carbocycles. The van der Waals surface area contributed by atoms with Crippen molar-refractivity contribution in [3.05, 3.63) is 29.3 Å². The van der Waals surface area contributed by atoms with Crippen LogP contribution in [0.3, 0.4) is 0 Å². The van der Waals surface area contributed by atoms with Gasteiger partial charge in [-0.1, -0.05) is 6.07 Å². The SMILES string of the molecule is COc1ccc([C@@H](N)CCC(F)(F)F)c(C(F)(F)F)c1. The zero-order valence-electron chi connectivity index (χ0n) is 10.5. The number of alkyl halides is 6. The number of methoxy groups -OCH3 is 1. The summed E-state index contributed by atoms with van der Waals surface area (Å²) in [6.07, 6.45) is -11.0. The van der Waals surface area contributed by atoms with Gasteiger partial charge in [-0.05, 0) is 24.1 Å². The van der Waals surface area contributed by atoms with Gasteiger partial charge >= 0.3 is 12.4 Å². The van der Waals surface area contributed by atoms with Crippen LogP contribution in [-0.4, -0.2) is 13.3 Å². The number of hydrogen-bond acceptors (Lipinski definition) is 2. The molecule has 0 bridgehead atoms. The first-order chi connectivity index (χ1) is 9.04. The van der Waals surface area contributed by atoms with Crippen LogP contribution in [0.15, 0.2) is 18.2 Å². The molecule has 114 valence electrons. The normalized spacial score (nSPS) is 14.2. The fourth-order valence-electron chi connectivity index (χ4n) is 1.71. The first-order valence-corrected chi connectivity index (χ1v) is 5.62. The molecular formula is C12H13F6NO. The lowest BCUT2D eigenvalue weighted by Crippen LogP contribution is -2.20. The lowest BCUT2D eigenvalue weighted by Gasteiger charge is -2.19.